The molecule has 2 rings (SSSR count). The van der Waals surface area contributed by atoms with Crippen molar-refractivity contribution in [1.82, 2.24) is 9.80 Å². The molecule has 0 bridgehead atoms. The van der Waals surface area contributed by atoms with Crippen molar-refractivity contribution in [2.45, 2.75) is 32.1 Å². The standard InChI is InChI=1S/C13H24N2O3S/c1-14-6-2-12(3-7-14)10-13-4-8-15(9-5-13)11-19(16,17)18/h1,12-13H,2-11H2,(H,16,17,18). The quantitative estimate of drug-likeness (QED) is 0.791. The smallest absolute Gasteiger partial charge is 0.278 e. The van der Waals surface area contributed by atoms with E-state index in [2.05, 4.69) is 0 Å². The van der Waals surface area contributed by atoms with Crippen molar-refractivity contribution >= 4 is 10.1 Å². The van der Waals surface area contributed by atoms with Gasteiger partial charge in [0.05, 0.1) is 0 Å². The van der Waals surface area contributed by atoms with Crippen LogP contribution in [0.25, 0.3) is 0 Å². The Morgan fingerprint density at radius 3 is 1.95 bits per heavy atom. The number of hydrogen-bond acceptors (Lipinski definition) is 4. The third-order valence-corrected chi connectivity index (χ3v) is 5.06. The van der Waals surface area contributed by atoms with Gasteiger partial charge in [0.1, 0.15) is 5.88 Å². The van der Waals surface area contributed by atoms with Crippen molar-refractivity contribution in [2.24, 2.45) is 11.8 Å². The van der Waals surface area contributed by atoms with Gasteiger partial charge in [0.2, 0.25) is 0 Å². The Labute approximate surface area is 116 Å². The molecule has 0 aliphatic carbocycles. The fraction of sp³-hybridized carbons (Fsp3) is 0.923. The second-order valence-corrected chi connectivity index (χ2v) is 7.41. The molecule has 0 unspecified atom stereocenters. The Morgan fingerprint density at radius 1 is 1.00 bits per heavy atom. The van der Waals surface area contributed by atoms with Crippen molar-refractivity contribution in [1.29, 1.82) is 0 Å². The second kappa shape index (κ2) is 6.52. The van der Waals surface area contributed by atoms with Gasteiger partial charge in [-0.15, -0.1) is 0 Å². The van der Waals surface area contributed by atoms with Crippen molar-refractivity contribution in [3.8, 4) is 0 Å². The van der Waals surface area contributed by atoms with E-state index in [1.165, 1.54) is 19.3 Å². The maximum absolute atomic E-state index is 10.8. The Hall–Kier alpha value is -0.170. The minimum atomic E-state index is -3.87. The molecule has 2 saturated heterocycles. The van der Waals surface area contributed by atoms with Gasteiger partial charge in [0.25, 0.3) is 10.1 Å². The molecular weight excluding hydrogens is 264 g/mol. The zero-order chi connectivity index (χ0) is 13.9. The molecule has 2 aliphatic rings. The summed E-state index contributed by atoms with van der Waals surface area (Å²) in [4.78, 5) is 3.72. The van der Waals surface area contributed by atoms with E-state index in [0.717, 1.165) is 44.9 Å². The Balaban J connectivity index is 1.69. The van der Waals surface area contributed by atoms with Crippen LogP contribution in [0.1, 0.15) is 32.1 Å². The van der Waals surface area contributed by atoms with Gasteiger partial charge in [-0.2, -0.15) is 8.42 Å². The maximum atomic E-state index is 10.8. The molecule has 2 heterocycles. The number of nitrogens with zero attached hydrogens (tertiary/aromatic N) is 2. The molecular formula is C13H24N2O3S. The third-order valence-electron chi connectivity index (χ3n) is 4.37. The summed E-state index contributed by atoms with van der Waals surface area (Å²) in [6, 6.07) is 0. The van der Waals surface area contributed by atoms with Gasteiger partial charge in [-0.25, -0.2) is 0 Å². The van der Waals surface area contributed by atoms with Gasteiger partial charge < -0.3 is 0 Å². The molecule has 0 saturated carbocycles. The molecule has 2 fully saturated rings. The topological polar surface area (TPSA) is 60.9 Å². The fourth-order valence-electron chi connectivity index (χ4n) is 3.24. The summed E-state index contributed by atoms with van der Waals surface area (Å²) < 4.78 is 30.5. The van der Waals surface area contributed by atoms with Crippen LogP contribution in [0, 0.1) is 18.9 Å². The normalized spacial score (nSPS) is 25.8. The minimum absolute atomic E-state index is 0.217. The van der Waals surface area contributed by atoms with E-state index in [-0.39, 0.29) is 5.88 Å². The Morgan fingerprint density at radius 2 is 1.47 bits per heavy atom. The SMILES string of the molecule is [CH]N1CCC(CC2CCN(CS(=O)(=O)O)CC2)CC1. The van der Waals surface area contributed by atoms with Crippen LogP contribution in [0.15, 0.2) is 0 Å². The number of rotatable bonds is 4. The molecule has 2 aliphatic heterocycles. The predicted molar refractivity (Wildman–Crippen MR) is 73.9 cm³/mol. The number of likely N-dealkylation sites (tertiary alicyclic amines) is 2. The summed E-state index contributed by atoms with van der Waals surface area (Å²) in [5, 5.41) is 0. The van der Waals surface area contributed by atoms with Crippen LogP contribution >= 0.6 is 0 Å². The van der Waals surface area contributed by atoms with Gasteiger partial charge >= 0.3 is 0 Å². The number of piperidine rings is 2. The van der Waals surface area contributed by atoms with Gasteiger partial charge in [-0.3, -0.25) is 14.4 Å². The van der Waals surface area contributed by atoms with Gasteiger partial charge in [-0.1, -0.05) is 0 Å². The number of hydrogen-bond donors (Lipinski definition) is 1. The van der Waals surface area contributed by atoms with Crippen LogP contribution in [-0.4, -0.2) is 54.8 Å². The molecule has 0 aromatic rings. The van der Waals surface area contributed by atoms with Crippen molar-refractivity contribution in [2.75, 3.05) is 32.1 Å². The highest BCUT2D eigenvalue weighted by Crippen LogP contribution is 2.29. The summed E-state index contributed by atoms with van der Waals surface area (Å²) in [5.41, 5.74) is 0. The lowest BCUT2D eigenvalue weighted by Gasteiger charge is -2.35. The van der Waals surface area contributed by atoms with Gasteiger partial charge in [0.15, 0.2) is 0 Å². The van der Waals surface area contributed by atoms with Crippen molar-refractivity contribution in [3.05, 3.63) is 7.05 Å². The summed E-state index contributed by atoms with van der Waals surface area (Å²) in [7, 11) is 1.89. The molecule has 0 amide bonds. The summed E-state index contributed by atoms with van der Waals surface area (Å²) in [6.45, 7) is 3.54. The molecule has 6 heteroatoms. The first-order valence-electron chi connectivity index (χ1n) is 7.09. The van der Waals surface area contributed by atoms with Crippen LogP contribution in [0.3, 0.4) is 0 Å². The highest BCUT2D eigenvalue weighted by Gasteiger charge is 2.25. The van der Waals surface area contributed by atoms with E-state index in [1.807, 2.05) is 9.80 Å². The molecule has 2 radical (unpaired) electrons. The van der Waals surface area contributed by atoms with Crippen LogP contribution < -0.4 is 0 Å². The van der Waals surface area contributed by atoms with E-state index in [9.17, 15) is 8.42 Å². The van der Waals surface area contributed by atoms with Crippen LogP contribution in [0.4, 0.5) is 0 Å². The maximum Gasteiger partial charge on any atom is 0.278 e. The van der Waals surface area contributed by atoms with Gasteiger partial charge in [0, 0.05) is 7.05 Å². The summed E-state index contributed by atoms with van der Waals surface area (Å²) in [6.07, 6.45) is 5.69. The molecule has 19 heavy (non-hydrogen) atoms. The lowest BCUT2D eigenvalue weighted by molar-refractivity contribution is 0.157. The van der Waals surface area contributed by atoms with Crippen LogP contribution in [0.2, 0.25) is 0 Å². The van der Waals surface area contributed by atoms with E-state index in [0.29, 0.717) is 5.92 Å². The molecule has 0 spiro atoms. The first-order chi connectivity index (χ1) is 8.92. The average molecular weight is 288 g/mol. The lowest BCUT2D eigenvalue weighted by atomic mass is 9.83. The molecule has 0 atom stereocenters. The summed E-state index contributed by atoms with van der Waals surface area (Å²) >= 11 is 0. The molecule has 0 aromatic heterocycles. The highest BCUT2D eigenvalue weighted by molar-refractivity contribution is 7.85. The first-order valence-corrected chi connectivity index (χ1v) is 8.70. The predicted octanol–water partition coefficient (Wildman–Crippen LogP) is 1.31. The molecule has 1 N–H and O–H groups in total. The zero-order valence-electron chi connectivity index (χ0n) is 11.4. The Kier molecular flexibility index (Phi) is 5.22. The van der Waals surface area contributed by atoms with E-state index in [1.54, 1.807) is 0 Å². The third kappa shape index (κ3) is 5.38. The molecule has 110 valence electrons. The first kappa shape index (κ1) is 15.2. The van der Waals surface area contributed by atoms with Crippen molar-refractivity contribution in [3.63, 3.8) is 0 Å². The molecule has 0 aromatic carbocycles. The average Bonchev–Trinajstić information content (AvgIpc) is 2.33. The monoisotopic (exact) mass is 288 g/mol. The van der Waals surface area contributed by atoms with Crippen LogP contribution in [0.5, 0.6) is 0 Å². The zero-order valence-corrected chi connectivity index (χ0v) is 12.2. The lowest BCUT2D eigenvalue weighted by Crippen LogP contribution is -2.38. The highest BCUT2D eigenvalue weighted by atomic mass is 32.2. The van der Waals surface area contributed by atoms with E-state index < -0.39 is 10.1 Å². The van der Waals surface area contributed by atoms with Crippen molar-refractivity contribution < 1.29 is 13.0 Å². The van der Waals surface area contributed by atoms with Crippen LogP contribution in [-0.2, 0) is 10.1 Å². The summed E-state index contributed by atoms with van der Waals surface area (Å²) in [5.74, 6) is 1.26. The van der Waals surface area contributed by atoms with Gasteiger partial charge in [-0.05, 0) is 70.1 Å². The van der Waals surface area contributed by atoms with E-state index >= 15 is 0 Å². The van der Waals surface area contributed by atoms with E-state index in [4.69, 9.17) is 11.6 Å². The minimum Gasteiger partial charge on any atom is -0.297 e. The Bertz CT molecular complexity index is 369. The largest absolute Gasteiger partial charge is 0.297 e. The fourth-order valence-corrected chi connectivity index (χ4v) is 3.96. The molecule has 5 nitrogen and oxygen atoms in total. The second-order valence-electron chi connectivity index (χ2n) is 5.99.